The zero-order chi connectivity index (χ0) is 8.39. The van der Waals surface area contributed by atoms with Crippen LogP contribution >= 0.6 is 11.6 Å². The lowest BCUT2D eigenvalue weighted by Gasteiger charge is -1.84. The molecule has 0 spiro atoms. The summed E-state index contributed by atoms with van der Waals surface area (Å²) in [5, 5.41) is 9.89. The van der Waals surface area contributed by atoms with E-state index in [2.05, 4.69) is 20.4 Å². The summed E-state index contributed by atoms with van der Waals surface area (Å²) in [4.78, 5) is 3.96. The second-order valence-corrected chi connectivity index (χ2v) is 2.39. The molecule has 0 aliphatic rings. The molecule has 12 heavy (non-hydrogen) atoms. The van der Waals surface area contributed by atoms with Crippen LogP contribution in [0, 0.1) is 0 Å². The molecule has 0 radical (unpaired) electrons. The zero-order valence-corrected chi connectivity index (χ0v) is 6.75. The van der Waals surface area contributed by atoms with Gasteiger partial charge < -0.3 is 4.42 Å². The number of oxazole rings is 1. The SMILES string of the molecule is ClCc1cnc(-c2cn[nH]n2)o1. The Balaban J connectivity index is 2.35. The number of halogens is 1. The van der Waals surface area contributed by atoms with Crippen molar-refractivity contribution in [2.45, 2.75) is 5.88 Å². The van der Waals surface area contributed by atoms with Gasteiger partial charge in [-0.3, -0.25) is 0 Å². The van der Waals surface area contributed by atoms with Crippen molar-refractivity contribution >= 4 is 11.6 Å². The summed E-state index contributed by atoms with van der Waals surface area (Å²) in [6.45, 7) is 0. The van der Waals surface area contributed by atoms with Crippen LogP contribution in [0.25, 0.3) is 11.6 Å². The van der Waals surface area contributed by atoms with Crippen molar-refractivity contribution in [1.29, 1.82) is 0 Å². The molecule has 0 aliphatic heterocycles. The van der Waals surface area contributed by atoms with Crippen LogP contribution < -0.4 is 0 Å². The first kappa shape index (κ1) is 7.30. The van der Waals surface area contributed by atoms with E-state index < -0.39 is 0 Å². The highest BCUT2D eigenvalue weighted by Crippen LogP contribution is 2.15. The van der Waals surface area contributed by atoms with Gasteiger partial charge in [-0.05, 0) is 0 Å². The van der Waals surface area contributed by atoms with E-state index in [-0.39, 0.29) is 0 Å². The number of nitrogens with zero attached hydrogens (tertiary/aromatic N) is 3. The molecule has 2 aromatic rings. The molecule has 0 fully saturated rings. The number of hydrogen-bond donors (Lipinski definition) is 1. The molecule has 6 heteroatoms. The van der Waals surface area contributed by atoms with E-state index >= 15 is 0 Å². The average molecular weight is 185 g/mol. The molecule has 2 heterocycles. The minimum absolute atomic E-state index is 0.310. The molecule has 0 amide bonds. The Labute approximate surface area is 72.8 Å². The van der Waals surface area contributed by atoms with Crippen molar-refractivity contribution in [2.24, 2.45) is 0 Å². The summed E-state index contributed by atoms with van der Waals surface area (Å²) in [6.07, 6.45) is 3.10. The Morgan fingerprint density at radius 3 is 3.00 bits per heavy atom. The number of aromatic nitrogens is 4. The number of alkyl halides is 1. The van der Waals surface area contributed by atoms with Crippen molar-refractivity contribution in [2.75, 3.05) is 0 Å². The largest absolute Gasteiger partial charge is 0.439 e. The third kappa shape index (κ3) is 1.18. The lowest BCUT2D eigenvalue weighted by Crippen LogP contribution is -1.75. The molecule has 2 aromatic heterocycles. The Morgan fingerprint density at radius 2 is 2.42 bits per heavy atom. The summed E-state index contributed by atoms with van der Waals surface area (Å²) in [5.41, 5.74) is 0.575. The summed E-state index contributed by atoms with van der Waals surface area (Å²) >= 11 is 5.52. The maximum Gasteiger partial charge on any atom is 0.248 e. The van der Waals surface area contributed by atoms with Gasteiger partial charge in [-0.1, -0.05) is 0 Å². The van der Waals surface area contributed by atoms with Crippen LogP contribution in [0.5, 0.6) is 0 Å². The average Bonchev–Trinajstić information content (AvgIpc) is 2.75. The van der Waals surface area contributed by atoms with Gasteiger partial charge in [-0.25, -0.2) is 4.98 Å². The second kappa shape index (κ2) is 2.94. The molecule has 1 N–H and O–H groups in total. The first-order valence-corrected chi connectivity index (χ1v) is 3.80. The quantitative estimate of drug-likeness (QED) is 0.713. The van der Waals surface area contributed by atoms with Gasteiger partial charge in [-0.15, -0.1) is 11.6 Å². The lowest BCUT2D eigenvalue weighted by molar-refractivity contribution is 0.535. The van der Waals surface area contributed by atoms with Crippen molar-refractivity contribution in [1.82, 2.24) is 20.4 Å². The molecule has 0 saturated carbocycles. The highest BCUT2D eigenvalue weighted by atomic mass is 35.5. The first-order chi connectivity index (χ1) is 5.90. The predicted molar refractivity (Wildman–Crippen MR) is 41.4 cm³/mol. The number of aromatic amines is 1. The van der Waals surface area contributed by atoms with Crippen LogP contribution in [0.1, 0.15) is 5.76 Å². The minimum Gasteiger partial charge on any atom is -0.439 e. The molecular weight excluding hydrogens is 180 g/mol. The summed E-state index contributed by atoms with van der Waals surface area (Å²) in [5.74, 6) is 1.36. The van der Waals surface area contributed by atoms with E-state index in [4.69, 9.17) is 16.0 Å². The Morgan fingerprint density at radius 1 is 1.50 bits per heavy atom. The van der Waals surface area contributed by atoms with Gasteiger partial charge in [0.2, 0.25) is 5.89 Å². The number of hydrogen-bond acceptors (Lipinski definition) is 4. The third-order valence-electron chi connectivity index (χ3n) is 1.32. The smallest absolute Gasteiger partial charge is 0.248 e. The van der Waals surface area contributed by atoms with Gasteiger partial charge >= 0.3 is 0 Å². The summed E-state index contributed by atoms with van der Waals surface area (Å²) < 4.78 is 5.21. The molecule has 0 aromatic carbocycles. The minimum atomic E-state index is 0.310. The molecule has 2 rings (SSSR count). The van der Waals surface area contributed by atoms with Crippen LogP contribution in [0.2, 0.25) is 0 Å². The molecule has 0 bridgehead atoms. The van der Waals surface area contributed by atoms with E-state index in [9.17, 15) is 0 Å². The fourth-order valence-electron chi connectivity index (χ4n) is 0.792. The number of nitrogens with one attached hydrogen (secondary N) is 1. The van der Waals surface area contributed by atoms with E-state index in [1.807, 2.05) is 0 Å². The topological polar surface area (TPSA) is 67.6 Å². The van der Waals surface area contributed by atoms with Gasteiger partial charge in [0.25, 0.3) is 0 Å². The predicted octanol–water partition coefficient (Wildman–Crippen LogP) is 1.20. The highest BCUT2D eigenvalue weighted by molar-refractivity contribution is 6.16. The Bertz CT molecular complexity index is 355. The Hall–Kier alpha value is -1.36. The second-order valence-electron chi connectivity index (χ2n) is 2.12. The molecule has 0 unspecified atom stereocenters. The first-order valence-electron chi connectivity index (χ1n) is 3.27. The highest BCUT2D eigenvalue weighted by Gasteiger charge is 2.07. The fraction of sp³-hybridized carbons (Fsp3) is 0.167. The van der Waals surface area contributed by atoms with Crippen molar-refractivity contribution in [3.63, 3.8) is 0 Å². The van der Waals surface area contributed by atoms with E-state index in [1.54, 1.807) is 6.20 Å². The molecular formula is C6H5ClN4O. The number of rotatable bonds is 2. The lowest BCUT2D eigenvalue weighted by atomic mass is 10.5. The van der Waals surface area contributed by atoms with Crippen LogP contribution in [0.4, 0.5) is 0 Å². The summed E-state index contributed by atoms with van der Waals surface area (Å²) in [7, 11) is 0. The molecule has 0 atom stereocenters. The maximum atomic E-state index is 5.52. The van der Waals surface area contributed by atoms with Crippen molar-refractivity contribution < 1.29 is 4.42 Å². The molecule has 0 aliphatic carbocycles. The van der Waals surface area contributed by atoms with Gasteiger partial charge in [0.1, 0.15) is 5.76 Å². The maximum absolute atomic E-state index is 5.52. The Kier molecular flexibility index (Phi) is 1.79. The van der Waals surface area contributed by atoms with Gasteiger partial charge in [0.05, 0.1) is 18.3 Å². The molecule has 0 saturated heterocycles. The molecule has 5 nitrogen and oxygen atoms in total. The zero-order valence-electron chi connectivity index (χ0n) is 5.99. The van der Waals surface area contributed by atoms with Gasteiger partial charge in [0.15, 0.2) is 5.69 Å². The van der Waals surface area contributed by atoms with E-state index in [0.717, 1.165) is 0 Å². The van der Waals surface area contributed by atoms with E-state index in [1.165, 1.54) is 6.20 Å². The van der Waals surface area contributed by atoms with Crippen LogP contribution in [-0.4, -0.2) is 20.4 Å². The van der Waals surface area contributed by atoms with Gasteiger partial charge in [-0.2, -0.15) is 15.4 Å². The fourth-order valence-corrected chi connectivity index (χ4v) is 0.916. The third-order valence-corrected chi connectivity index (χ3v) is 1.58. The summed E-state index contributed by atoms with van der Waals surface area (Å²) in [6, 6.07) is 0. The van der Waals surface area contributed by atoms with Crippen LogP contribution in [-0.2, 0) is 5.88 Å². The number of H-pyrrole nitrogens is 1. The van der Waals surface area contributed by atoms with Crippen molar-refractivity contribution in [3.8, 4) is 11.6 Å². The standard InChI is InChI=1S/C6H5ClN4O/c7-1-4-2-8-6(12-4)5-3-9-11-10-5/h2-3H,1H2,(H,9,10,11). The van der Waals surface area contributed by atoms with Crippen LogP contribution in [0.15, 0.2) is 16.8 Å². The molecule has 62 valence electrons. The van der Waals surface area contributed by atoms with Crippen LogP contribution in [0.3, 0.4) is 0 Å². The van der Waals surface area contributed by atoms with Crippen molar-refractivity contribution in [3.05, 3.63) is 18.2 Å². The normalized spacial score (nSPS) is 10.4. The van der Waals surface area contributed by atoms with E-state index in [0.29, 0.717) is 23.2 Å². The monoisotopic (exact) mass is 184 g/mol. The van der Waals surface area contributed by atoms with Gasteiger partial charge in [0, 0.05) is 0 Å².